The maximum Gasteiger partial charge on any atom is 0.343 e. The van der Waals surface area contributed by atoms with E-state index < -0.39 is 34.3 Å². The summed E-state index contributed by atoms with van der Waals surface area (Å²) in [6.45, 7) is -0.659. The molecular weight excluding hydrogens is 565 g/mol. The molecule has 0 heterocycles. The molecule has 0 aromatic heterocycles. The number of carbonyl (C=O) groups is 2. The lowest BCUT2D eigenvalue weighted by Crippen LogP contribution is -2.39. The molecule has 0 radical (unpaired) electrons. The molecule has 1 N–H and O–H groups in total. The summed E-state index contributed by atoms with van der Waals surface area (Å²) in [5.41, 5.74) is 3.34. The Morgan fingerprint density at radius 3 is 2.19 bits per heavy atom. The molecule has 12 heteroatoms. The highest BCUT2D eigenvalue weighted by Gasteiger charge is 2.28. The van der Waals surface area contributed by atoms with E-state index in [0.717, 1.165) is 16.4 Å². The van der Waals surface area contributed by atoms with Gasteiger partial charge in [-0.3, -0.25) is 9.10 Å². The zero-order chi connectivity index (χ0) is 30.1. The average molecular weight is 592 g/mol. The summed E-state index contributed by atoms with van der Waals surface area (Å²) in [4.78, 5) is 24.8. The molecule has 4 rings (SSSR count). The van der Waals surface area contributed by atoms with Crippen molar-refractivity contribution in [2.24, 2.45) is 5.10 Å². The zero-order valence-corrected chi connectivity index (χ0v) is 23.4. The minimum Gasteiger partial charge on any atom is -0.493 e. The molecule has 216 valence electrons. The number of hydrogen-bond donors (Lipinski definition) is 1. The molecule has 10 nitrogen and oxygen atoms in total. The highest BCUT2D eigenvalue weighted by Crippen LogP contribution is 2.32. The number of nitrogens with zero attached hydrogens (tertiary/aromatic N) is 2. The molecule has 0 bridgehead atoms. The van der Waals surface area contributed by atoms with E-state index >= 15 is 0 Å². The Morgan fingerprint density at radius 2 is 1.55 bits per heavy atom. The highest BCUT2D eigenvalue weighted by molar-refractivity contribution is 7.92. The third-order valence-corrected chi connectivity index (χ3v) is 7.62. The maximum atomic E-state index is 13.6. The number of rotatable bonds is 11. The fourth-order valence-corrected chi connectivity index (χ4v) is 5.17. The molecule has 0 spiro atoms. The van der Waals surface area contributed by atoms with Crippen LogP contribution in [0.1, 0.15) is 15.9 Å². The number of amides is 1. The fourth-order valence-electron chi connectivity index (χ4n) is 3.73. The number of hydrazone groups is 1. The van der Waals surface area contributed by atoms with E-state index in [1.54, 1.807) is 54.6 Å². The molecular formula is C30H26FN3O7S. The van der Waals surface area contributed by atoms with Gasteiger partial charge in [0.1, 0.15) is 18.1 Å². The number of nitrogens with one attached hydrogen (secondary N) is 1. The van der Waals surface area contributed by atoms with Crippen molar-refractivity contribution in [3.8, 4) is 17.2 Å². The molecule has 0 unspecified atom stereocenters. The fraction of sp³-hybridized carbons (Fsp3) is 0.100. The SMILES string of the molecule is COc1ccc(S(=O)(=O)N(CC(=O)N/N=C\c2ccc(OC(=O)c3ccccc3)cc2)c2ccc(F)cc2)cc1OC. The molecule has 1 amide bonds. The smallest absolute Gasteiger partial charge is 0.343 e. The van der Waals surface area contributed by atoms with Gasteiger partial charge < -0.3 is 14.2 Å². The van der Waals surface area contributed by atoms with Crippen LogP contribution in [0.25, 0.3) is 0 Å². The van der Waals surface area contributed by atoms with Gasteiger partial charge in [-0.25, -0.2) is 23.0 Å². The van der Waals surface area contributed by atoms with Gasteiger partial charge in [-0.05, 0) is 78.4 Å². The van der Waals surface area contributed by atoms with Gasteiger partial charge in [-0.15, -0.1) is 0 Å². The van der Waals surface area contributed by atoms with Crippen molar-refractivity contribution in [2.75, 3.05) is 25.1 Å². The highest BCUT2D eigenvalue weighted by atomic mass is 32.2. The summed E-state index contributed by atoms with van der Waals surface area (Å²) < 4.78 is 57.3. The molecule has 0 saturated heterocycles. The number of ether oxygens (including phenoxy) is 3. The Bertz CT molecular complexity index is 1680. The molecule has 0 saturated carbocycles. The topological polar surface area (TPSA) is 124 Å². The van der Waals surface area contributed by atoms with Crippen molar-refractivity contribution in [1.82, 2.24) is 5.43 Å². The summed E-state index contributed by atoms with van der Waals surface area (Å²) >= 11 is 0. The first-order chi connectivity index (χ1) is 20.2. The number of carbonyl (C=O) groups excluding carboxylic acids is 2. The monoisotopic (exact) mass is 591 g/mol. The van der Waals surface area contributed by atoms with E-state index in [9.17, 15) is 22.4 Å². The van der Waals surface area contributed by atoms with Crippen LogP contribution in [-0.4, -0.2) is 47.3 Å². The van der Waals surface area contributed by atoms with E-state index in [1.807, 2.05) is 0 Å². The van der Waals surface area contributed by atoms with Gasteiger partial charge in [0.2, 0.25) is 0 Å². The van der Waals surface area contributed by atoms with E-state index in [2.05, 4.69) is 10.5 Å². The largest absolute Gasteiger partial charge is 0.493 e. The van der Waals surface area contributed by atoms with E-state index in [0.29, 0.717) is 22.6 Å². The second-order valence-electron chi connectivity index (χ2n) is 8.62. The van der Waals surface area contributed by atoms with Crippen molar-refractivity contribution in [2.45, 2.75) is 4.90 Å². The van der Waals surface area contributed by atoms with Gasteiger partial charge in [-0.1, -0.05) is 18.2 Å². The first-order valence-corrected chi connectivity index (χ1v) is 13.8. The van der Waals surface area contributed by atoms with Gasteiger partial charge in [0, 0.05) is 6.07 Å². The average Bonchev–Trinajstić information content (AvgIpc) is 3.01. The second kappa shape index (κ2) is 13.4. The Kier molecular flexibility index (Phi) is 9.50. The standard InChI is InChI=1S/C30H26FN3O7S/c1-39-27-17-16-26(18-28(27)40-2)42(37,38)34(24-12-10-23(31)11-13-24)20-29(35)33-32-19-21-8-14-25(15-9-21)41-30(36)22-6-4-3-5-7-22/h3-19H,20H2,1-2H3,(H,33,35)/b32-19-. The number of sulfonamides is 1. The van der Waals surface area contributed by atoms with Crippen LogP contribution in [0.2, 0.25) is 0 Å². The van der Waals surface area contributed by atoms with Gasteiger partial charge in [0.15, 0.2) is 11.5 Å². The summed E-state index contributed by atoms with van der Waals surface area (Å²) in [6.07, 6.45) is 1.34. The number of halogens is 1. The Hall–Kier alpha value is -5.23. The number of benzene rings is 4. The van der Waals surface area contributed by atoms with Gasteiger partial charge in [0.05, 0.1) is 36.6 Å². The molecule has 4 aromatic rings. The van der Waals surface area contributed by atoms with Crippen LogP contribution in [0, 0.1) is 5.82 Å². The number of hydrogen-bond acceptors (Lipinski definition) is 8. The summed E-state index contributed by atoms with van der Waals surface area (Å²) in [6, 6.07) is 23.6. The Morgan fingerprint density at radius 1 is 0.881 bits per heavy atom. The lowest BCUT2D eigenvalue weighted by atomic mass is 10.2. The molecule has 0 atom stereocenters. The second-order valence-corrected chi connectivity index (χ2v) is 10.5. The van der Waals surface area contributed by atoms with Gasteiger partial charge >= 0.3 is 5.97 Å². The molecule has 42 heavy (non-hydrogen) atoms. The Balaban J connectivity index is 1.46. The third kappa shape index (κ3) is 7.29. The summed E-state index contributed by atoms with van der Waals surface area (Å²) in [5.74, 6) is -1.02. The predicted octanol–water partition coefficient (Wildman–Crippen LogP) is 4.41. The number of anilines is 1. The van der Waals surface area contributed by atoms with Crippen molar-refractivity contribution < 1.29 is 36.6 Å². The lowest BCUT2D eigenvalue weighted by molar-refractivity contribution is -0.119. The first kappa shape index (κ1) is 29.7. The Labute approximate surface area is 242 Å². The van der Waals surface area contributed by atoms with E-state index in [1.165, 1.54) is 50.8 Å². The van der Waals surface area contributed by atoms with Crippen molar-refractivity contribution in [1.29, 1.82) is 0 Å². The van der Waals surface area contributed by atoms with E-state index in [4.69, 9.17) is 14.2 Å². The predicted molar refractivity (Wildman–Crippen MR) is 154 cm³/mol. The summed E-state index contributed by atoms with van der Waals surface area (Å²) in [7, 11) is -1.53. The third-order valence-electron chi connectivity index (χ3n) is 5.85. The quantitative estimate of drug-likeness (QED) is 0.119. The molecule has 0 aliphatic carbocycles. The van der Waals surface area contributed by atoms with Crippen LogP contribution >= 0.6 is 0 Å². The van der Waals surface area contributed by atoms with Crippen LogP contribution in [-0.2, 0) is 14.8 Å². The van der Waals surface area contributed by atoms with E-state index in [-0.39, 0.29) is 16.3 Å². The zero-order valence-electron chi connectivity index (χ0n) is 22.6. The first-order valence-electron chi connectivity index (χ1n) is 12.4. The number of esters is 1. The minimum atomic E-state index is -4.31. The van der Waals surface area contributed by atoms with Crippen LogP contribution in [0.5, 0.6) is 17.2 Å². The van der Waals surface area contributed by atoms with Crippen molar-refractivity contribution in [3.05, 3.63) is 114 Å². The van der Waals surface area contributed by atoms with Gasteiger partial charge in [0.25, 0.3) is 15.9 Å². The molecule has 0 aliphatic heterocycles. The molecule has 0 aliphatic rings. The van der Waals surface area contributed by atoms with Crippen molar-refractivity contribution >= 4 is 33.8 Å². The molecule has 0 fully saturated rings. The maximum absolute atomic E-state index is 13.6. The lowest BCUT2D eigenvalue weighted by Gasteiger charge is -2.24. The minimum absolute atomic E-state index is 0.0611. The van der Waals surface area contributed by atoms with Crippen LogP contribution in [0.4, 0.5) is 10.1 Å². The van der Waals surface area contributed by atoms with Crippen molar-refractivity contribution in [3.63, 3.8) is 0 Å². The van der Waals surface area contributed by atoms with Crippen LogP contribution in [0.15, 0.2) is 107 Å². The number of methoxy groups -OCH3 is 2. The normalized spacial score (nSPS) is 11.1. The molecule has 4 aromatic carbocycles. The van der Waals surface area contributed by atoms with Gasteiger partial charge in [-0.2, -0.15) is 5.10 Å². The van der Waals surface area contributed by atoms with Crippen LogP contribution < -0.4 is 23.9 Å². The van der Waals surface area contributed by atoms with Crippen LogP contribution in [0.3, 0.4) is 0 Å². The summed E-state index contributed by atoms with van der Waals surface area (Å²) in [5, 5.41) is 3.90.